The summed E-state index contributed by atoms with van der Waals surface area (Å²) in [5, 5.41) is 4.36. The van der Waals surface area contributed by atoms with Crippen LogP contribution in [0.4, 0.5) is 5.82 Å². The molecule has 4 aromatic rings. The first-order valence-electron chi connectivity index (χ1n) is 10.3. The molecule has 7 nitrogen and oxygen atoms in total. The van der Waals surface area contributed by atoms with Gasteiger partial charge in [-0.3, -0.25) is 4.79 Å². The lowest BCUT2D eigenvalue weighted by Crippen LogP contribution is -2.17. The zero-order valence-electron chi connectivity index (χ0n) is 17.2. The third-order valence-corrected chi connectivity index (χ3v) is 5.64. The fourth-order valence-electron chi connectivity index (χ4n) is 4.11. The third kappa shape index (κ3) is 3.53. The number of amides is 1. The summed E-state index contributed by atoms with van der Waals surface area (Å²) in [6.07, 6.45) is 0.735. The number of hydrogen-bond donors (Lipinski definition) is 3. The van der Waals surface area contributed by atoms with Gasteiger partial charge in [0, 0.05) is 35.2 Å². The minimum absolute atomic E-state index is 0.459. The second-order valence-corrected chi connectivity index (χ2v) is 7.68. The molecule has 31 heavy (non-hydrogen) atoms. The van der Waals surface area contributed by atoms with Gasteiger partial charge < -0.3 is 20.8 Å². The van der Waals surface area contributed by atoms with E-state index in [0.29, 0.717) is 36.7 Å². The lowest BCUT2D eigenvalue weighted by Gasteiger charge is -2.20. The van der Waals surface area contributed by atoms with Gasteiger partial charge >= 0.3 is 0 Å². The maximum absolute atomic E-state index is 11.9. The Labute approximate surface area is 179 Å². The first-order chi connectivity index (χ1) is 15.1. The third-order valence-electron chi connectivity index (χ3n) is 5.64. The van der Waals surface area contributed by atoms with Gasteiger partial charge in [0.05, 0.1) is 30.0 Å². The molecule has 0 bridgehead atoms. The van der Waals surface area contributed by atoms with Crippen LogP contribution in [0.25, 0.3) is 22.3 Å². The molecule has 0 fully saturated rings. The number of carbonyl (C=O) groups excluding carboxylic acids is 1. The Hall–Kier alpha value is -3.71. The molecule has 3 heterocycles. The first-order valence-corrected chi connectivity index (χ1v) is 10.3. The topological polar surface area (TPSA) is 106 Å². The molecular weight excluding hydrogens is 390 g/mol. The molecule has 1 aliphatic rings. The highest BCUT2D eigenvalue weighted by atomic mass is 16.5. The second kappa shape index (κ2) is 7.85. The maximum Gasteiger partial charge on any atom is 0.250 e. The molecule has 0 saturated carbocycles. The number of nitrogens with one attached hydrogen (secondary N) is 2. The van der Waals surface area contributed by atoms with Crippen LogP contribution in [0.5, 0.6) is 0 Å². The minimum Gasteiger partial charge on any atom is -0.376 e. The summed E-state index contributed by atoms with van der Waals surface area (Å²) < 4.78 is 5.68. The number of fused-ring (bicyclic) bond motifs is 2. The molecule has 0 saturated heterocycles. The van der Waals surface area contributed by atoms with Crippen LogP contribution in [0.3, 0.4) is 0 Å². The molecule has 0 spiro atoms. The fraction of sp³-hybridized carbons (Fsp3) is 0.208. The monoisotopic (exact) mass is 413 g/mol. The molecule has 0 atom stereocenters. The number of para-hydroxylation sites is 1. The highest BCUT2D eigenvalue weighted by molar-refractivity contribution is 6.09. The van der Waals surface area contributed by atoms with E-state index < -0.39 is 5.91 Å². The zero-order chi connectivity index (χ0) is 21.4. The summed E-state index contributed by atoms with van der Waals surface area (Å²) in [5.41, 5.74) is 11.7. The number of carbonyl (C=O) groups is 1. The highest BCUT2D eigenvalue weighted by Crippen LogP contribution is 2.34. The molecular formula is C24H23N5O2. The summed E-state index contributed by atoms with van der Waals surface area (Å²) >= 11 is 0. The van der Waals surface area contributed by atoms with Crippen molar-refractivity contribution in [3.8, 4) is 11.4 Å². The number of anilines is 1. The van der Waals surface area contributed by atoms with Gasteiger partial charge in [-0.2, -0.15) is 0 Å². The van der Waals surface area contributed by atoms with Crippen LogP contribution < -0.4 is 11.1 Å². The molecule has 0 radical (unpaired) electrons. The zero-order valence-corrected chi connectivity index (χ0v) is 17.2. The van der Waals surface area contributed by atoms with Crippen molar-refractivity contribution >= 4 is 22.6 Å². The predicted molar refractivity (Wildman–Crippen MR) is 120 cm³/mol. The Morgan fingerprint density at radius 2 is 2.00 bits per heavy atom. The quantitative estimate of drug-likeness (QED) is 0.462. The molecule has 4 N–H and O–H groups in total. The van der Waals surface area contributed by atoms with Gasteiger partial charge in [0.2, 0.25) is 0 Å². The lowest BCUT2D eigenvalue weighted by molar-refractivity contribution is 0.100. The molecule has 0 aliphatic carbocycles. The summed E-state index contributed by atoms with van der Waals surface area (Å²) in [6, 6.07) is 15.7. The number of aromatic nitrogens is 3. The van der Waals surface area contributed by atoms with Crippen LogP contribution in [0.2, 0.25) is 0 Å². The van der Waals surface area contributed by atoms with Crippen LogP contribution in [-0.2, 0) is 24.3 Å². The molecule has 1 aliphatic heterocycles. The van der Waals surface area contributed by atoms with Gasteiger partial charge in [0.15, 0.2) is 5.82 Å². The highest BCUT2D eigenvalue weighted by Gasteiger charge is 2.22. The van der Waals surface area contributed by atoms with Crippen molar-refractivity contribution in [2.45, 2.75) is 26.5 Å². The Morgan fingerprint density at radius 1 is 1.16 bits per heavy atom. The van der Waals surface area contributed by atoms with Crippen molar-refractivity contribution in [3.05, 3.63) is 76.6 Å². The SMILES string of the molecule is Cc1[nH]c2c(C(N)=O)cccc2c1-c1nc2c(c(NCc3ccccc3)n1)COCC2. The van der Waals surface area contributed by atoms with Crippen molar-refractivity contribution in [2.75, 3.05) is 11.9 Å². The predicted octanol–water partition coefficient (Wildman–Crippen LogP) is 3.72. The summed E-state index contributed by atoms with van der Waals surface area (Å²) in [7, 11) is 0. The van der Waals surface area contributed by atoms with E-state index in [1.807, 2.05) is 37.3 Å². The van der Waals surface area contributed by atoms with E-state index in [0.717, 1.165) is 40.1 Å². The fourth-order valence-corrected chi connectivity index (χ4v) is 4.11. The Morgan fingerprint density at radius 3 is 2.81 bits per heavy atom. The van der Waals surface area contributed by atoms with E-state index in [4.69, 9.17) is 20.4 Å². The normalized spacial score (nSPS) is 13.2. The van der Waals surface area contributed by atoms with E-state index >= 15 is 0 Å². The number of rotatable bonds is 5. The van der Waals surface area contributed by atoms with E-state index in [2.05, 4.69) is 22.4 Å². The number of aryl methyl sites for hydroxylation is 1. The molecule has 2 aromatic carbocycles. The number of ether oxygens (including phenoxy) is 1. The van der Waals surface area contributed by atoms with Crippen LogP contribution in [0.1, 0.15) is 32.9 Å². The largest absolute Gasteiger partial charge is 0.376 e. The van der Waals surface area contributed by atoms with Crippen LogP contribution in [-0.4, -0.2) is 27.5 Å². The van der Waals surface area contributed by atoms with Crippen molar-refractivity contribution in [2.24, 2.45) is 5.73 Å². The number of H-pyrrole nitrogens is 1. The Kier molecular flexibility index (Phi) is 4.88. The van der Waals surface area contributed by atoms with Crippen molar-refractivity contribution in [1.82, 2.24) is 15.0 Å². The van der Waals surface area contributed by atoms with Crippen LogP contribution in [0.15, 0.2) is 48.5 Å². The standard InChI is InChI=1S/C24H23N5O2/c1-14-20(16-8-5-9-17(22(25)30)21(16)27-14)24-28-19-10-11-31-13-18(19)23(29-24)26-12-15-6-3-2-4-7-15/h2-9,27H,10-13H2,1H3,(H2,25,30)(H,26,28,29). The molecule has 2 aromatic heterocycles. The van der Waals surface area contributed by atoms with Gasteiger partial charge in [0.1, 0.15) is 5.82 Å². The lowest BCUT2D eigenvalue weighted by atomic mass is 10.1. The summed E-state index contributed by atoms with van der Waals surface area (Å²) in [6.45, 7) is 3.75. The van der Waals surface area contributed by atoms with E-state index in [1.54, 1.807) is 6.07 Å². The van der Waals surface area contributed by atoms with Crippen molar-refractivity contribution in [1.29, 1.82) is 0 Å². The number of hydrogen-bond acceptors (Lipinski definition) is 5. The number of primary amides is 1. The number of nitrogens with zero attached hydrogens (tertiary/aromatic N) is 2. The van der Waals surface area contributed by atoms with Crippen LogP contribution >= 0.6 is 0 Å². The van der Waals surface area contributed by atoms with Crippen molar-refractivity contribution in [3.63, 3.8) is 0 Å². The van der Waals surface area contributed by atoms with Crippen LogP contribution in [0, 0.1) is 6.92 Å². The summed E-state index contributed by atoms with van der Waals surface area (Å²) in [4.78, 5) is 25.0. The van der Waals surface area contributed by atoms with Gasteiger partial charge in [-0.25, -0.2) is 9.97 Å². The van der Waals surface area contributed by atoms with Gasteiger partial charge in [-0.15, -0.1) is 0 Å². The number of nitrogens with two attached hydrogens (primary N) is 1. The first kappa shape index (κ1) is 19.3. The van der Waals surface area contributed by atoms with Crippen molar-refractivity contribution < 1.29 is 9.53 Å². The van der Waals surface area contributed by atoms with Gasteiger partial charge in [0.25, 0.3) is 5.91 Å². The Bertz CT molecular complexity index is 1280. The molecule has 1 amide bonds. The Balaban J connectivity index is 1.62. The minimum atomic E-state index is -0.466. The number of benzene rings is 2. The van der Waals surface area contributed by atoms with Gasteiger partial charge in [-0.05, 0) is 18.6 Å². The van der Waals surface area contributed by atoms with E-state index in [1.165, 1.54) is 5.56 Å². The average Bonchev–Trinajstić information content (AvgIpc) is 3.13. The smallest absolute Gasteiger partial charge is 0.250 e. The molecule has 7 heteroatoms. The van der Waals surface area contributed by atoms with E-state index in [-0.39, 0.29) is 0 Å². The summed E-state index contributed by atoms with van der Waals surface area (Å²) in [5.74, 6) is 0.942. The maximum atomic E-state index is 11.9. The van der Waals surface area contributed by atoms with Gasteiger partial charge in [-0.1, -0.05) is 42.5 Å². The van der Waals surface area contributed by atoms with E-state index in [9.17, 15) is 4.79 Å². The number of aromatic amines is 1. The molecule has 156 valence electrons. The molecule has 0 unspecified atom stereocenters. The molecule has 5 rings (SSSR count). The second-order valence-electron chi connectivity index (χ2n) is 7.68. The average molecular weight is 413 g/mol.